The van der Waals surface area contributed by atoms with Crippen LogP contribution in [0.1, 0.15) is 20.8 Å². The van der Waals surface area contributed by atoms with Crippen molar-refractivity contribution >= 4 is 5.97 Å². The molecule has 14 heavy (non-hydrogen) atoms. The largest absolute Gasteiger partial charge is 0.481 e. The van der Waals surface area contributed by atoms with Crippen LogP contribution < -0.4 is 0 Å². The van der Waals surface area contributed by atoms with E-state index in [1.54, 1.807) is 13.8 Å². The van der Waals surface area contributed by atoms with Crippen LogP contribution in [-0.2, 0) is 4.79 Å². The highest BCUT2D eigenvalue weighted by atomic mass is 16.4. The summed E-state index contributed by atoms with van der Waals surface area (Å²) < 4.78 is 0. The average molecular weight is 202 g/mol. The molecule has 0 aromatic heterocycles. The highest BCUT2D eigenvalue weighted by Crippen LogP contribution is 2.20. The highest BCUT2D eigenvalue weighted by molar-refractivity contribution is 5.70. The number of hydrogen-bond acceptors (Lipinski definition) is 3. The molecule has 0 aliphatic heterocycles. The van der Waals surface area contributed by atoms with Crippen molar-refractivity contribution < 1.29 is 20.1 Å². The topological polar surface area (TPSA) is 77.8 Å². The number of rotatable bonds is 5. The molecule has 82 valence electrons. The molecule has 0 saturated carbocycles. The Morgan fingerprint density at radius 1 is 1.29 bits per heavy atom. The van der Waals surface area contributed by atoms with E-state index in [0.717, 1.165) is 0 Å². The molecule has 4 nitrogen and oxygen atoms in total. The molecule has 0 saturated heterocycles. The third-order valence-corrected chi connectivity index (χ3v) is 2.44. The van der Waals surface area contributed by atoms with Gasteiger partial charge >= 0.3 is 5.97 Å². The minimum atomic E-state index is -1.07. The zero-order valence-electron chi connectivity index (χ0n) is 8.77. The van der Waals surface area contributed by atoms with Crippen LogP contribution in [0.15, 0.2) is 12.2 Å². The van der Waals surface area contributed by atoms with E-state index in [0.29, 0.717) is 5.57 Å². The van der Waals surface area contributed by atoms with Crippen molar-refractivity contribution in [2.45, 2.75) is 33.0 Å². The molecule has 0 aliphatic rings. The van der Waals surface area contributed by atoms with Crippen LogP contribution >= 0.6 is 0 Å². The number of carbonyl (C=O) groups is 1. The number of aliphatic hydroxyl groups excluding tert-OH is 2. The molecular formula is C10H18O4. The average Bonchev–Trinajstić information content (AvgIpc) is 2.12. The summed E-state index contributed by atoms with van der Waals surface area (Å²) in [6, 6.07) is 0. The molecular weight excluding hydrogens is 184 g/mol. The zero-order chi connectivity index (χ0) is 11.5. The zero-order valence-corrected chi connectivity index (χ0v) is 8.77. The maximum Gasteiger partial charge on any atom is 0.308 e. The number of carboxylic acids is 1. The Morgan fingerprint density at radius 3 is 2.00 bits per heavy atom. The fourth-order valence-electron chi connectivity index (χ4n) is 1.24. The Hall–Kier alpha value is -0.870. The first-order valence-electron chi connectivity index (χ1n) is 4.53. The van der Waals surface area contributed by atoms with Crippen molar-refractivity contribution in [3.63, 3.8) is 0 Å². The van der Waals surface area contributed by atoms with Gasteiger partial charge in [0.1, 0.15) is 0 Å². The first-order chi connectivity index (χ1) is 6.29. The molecule has 0 aliphatic carbocycles. The molecule has 0 aromatic rings. The van der Waals surface area contributed by atoms with Crippen LogP contribution in [0.4, 0.5) is 0 Å². The molecule has 0 radical (unpaired) electrons. The predicted octanol–water partition coefficient (Wildman–Crippen LogP) is 0.641. The normalized spacial score (nSPS) is 19.5. The monoisotopic (exact) mass is 202 g/mol. The van der Waals surface area contributed by atoms with Crippen LogP contribution in [-0.4, -0.2) is 33.5 Å². The summed E-state index contributed by atoms with van der Waals surface area (Å²) in [7, 11) is 0. The van der Waals surface area contributed by atoms with E-state index in [4.69, 9.17) is 5.11 Å². The van der Waals surface area contributed by atoms with E-state index in [-0.39, 0.29) is 0 Å². The number of hydrogen-bond donors (Lipinski definition) is 3. The van der Waals surface area contributed by atoms with E-state index in [1.165, 1.54) is 6.92 Å². The minimum Gasteiger partial charge on any atom is -0.481 e. The standard InChI is InChI=1S/C10H18O4/c1-5(2)8(11)6(3)9(12)7(4)10(13)14/h6-9,11-12H,1H2,2-4H3,(H,13,14)/t6-,7-,8+,9-/m1/s1. The second-order valence-corrected chi connectivity index (χ2v) is 3.77. The summed E-state index contributed by atoms with van der Waals surface area (Å²) in [6.45, 7) is 8.20. The molecule has 3 N–H and O–H groups in total. The van der Waals surface area contributed by atoms with Crippen molar-refractivity contribution in [3.8, 4) is 0 Å². The van der Waals surface area contributed by atoms with Gasteiger partial charge in [-0.15, -0.1) is 0 Å². The summed E-state index contributed by atoms with van der Waals surface area (Å²) in [5, 5.41) is 27.8. The number of aliphatic carboxylic acids is 1. The van der Waals surface area contributed by atoms with Gasteiger partial charge in [0.05, 0.1) is 18.1 Å². The van der Waals surface area contributed by atoms with Gasteiger partial charge < -0.3 is 15.3 Å². The SMILES string of the molecule is C=C(C)[C@H](O)[C@@H](C)[C@@H](O)[C@@H](C)C(=O)O. The third-order valence-electron chi connectivity index (χ3n) is 2.44. The van der Waals surface area contributed by atoms with Gasteiger partial charge in [-0.05, 0) is 13.8 Å². The van der Waals surface area contributed by atoms with E-state index in [2.05, 4.69) is 6.58 Å². The van der Waals surface area contributed by atoms with Crippen LogP contribution in [0.25, 0.3) is 0 Å². The lowest BCUT2D eigenvalue weighted by Crippen LogP contribution is -2.37. The lowest BCUT2D eigenvalue weighted by atomic mass is 9.87. The Kier molecular flexibility index (Phi) is 4.80. The molecule has 0 spiro atoms. The third kappa shape index (κ3) is 3.12. The first-order valence-corrected chi connectivity index (χ1v) is 4.53. The summed E-state index contributed by atoms with van der Waals surface area (Å²) in [6.07, 6.45) is -1.94. The van der Waals surface area contributed by atoms with Crippen LogP contribution in [0, 0.1) is 11.8 Å². The van der Waals surface area contributed by atoms with Gasteiger partial charge in [-0.1, -0.05) is 19.1 Å². The van der Waals surface area contributed by atoms with Gasteiger partial charge in [-0.3, -0.25) is 4.79 Å². The Labute approximate surface area is 83.9 Å². The molecule has 4 heteroatoms. The molecule has 0 fully saturated rings. The summed E-state index contributed by atoms with van der Waals surface area (Å²) >= 11 is 0. The molecule has 0 aromatic carbocycles. The minimum absolute atomic E-state index is 0.522. The van der Waals surface area contributed by atoms with Crippen molar-refractivity contribution in [1.29, 1.82) is 0 Å². The summed E-state index contributed by atoms with van der Waals surface area (Å²) in [5.74, 6) is -2.49. The Morgan fingerprint density at radius 2 is 1.71 bits per heavy atom. The van der Waals surface area contributed by atoms with E-state index >= 15 is 0 Å². The van der Waals surface area contributed by atoms with Crippen molar-refractivity contribution in [2.75, 3.05) is 0 Å². The van der Waals surface area contributed by atoms with Gasteiger partial charge in [0, 0.05) is 5.92 Å². The van der Waals surface area contributed by atoms with E-state index in [9.17, 15) is 15.0 Å². The summed E-state index contributed by atoms with van der Waals surface area (Å²) in [4.78, 5) is 10.6. The van der Waals surface area contributed by atoms with Crippen LogP contribution in [0.5, 0.6) is 0 Å². The van der Waals surface area contributed by atoms with E-state index in [1.807, 2.05) is 0 Å². The van der Waals surface area contributed by atoms with E-state index < -0.39 is 30.0 Å². The lowest BCUT2D eigenvalue weighted by Gasteiger charge is -2.26. The van der Waals surface area contributed by atoms with Gasteiger partial charge in [0.15, 0.2) is 0 Å². The fourth-order valence-corrected chi connectivity index (χ4v) is 1.24. The van der Waals surface area contributed by atoms with Gasteiger partial charge in [0.25, 0.3) is 0 Å². The molecule has 0 rings (SSSR count). The maximum atomic E-state index is 10.6. The molecule has 0 amide bonds. The second kappa shape index (κ2) is 5.12. The van der Waals surface area contributed by atoms with Crippen molar-refractivity contribution in [2.24, 2.45) is 11.8 Å². The highest BCUT2D eigenvalue weighted by Gasteiger charge is 2.30. The second-order valence-electron chi connectivity index (χ2n) is 3.77. The molecule has 0 heterocycles. The first kappa shape index (κ1) is 13.1. The smallest absolute Gasteiger partial charge is 0.308 e. The van der Waals surface area contributed by atoms with Gasteiger partial charge in [-0.2, -0.15) is 0 Å². The Balaban J connectivity index is 4.45. The number of aliphatic hydroxyl groups is 2. The molecule has 0 unspecified atom stereocenters. The fraction of sp³-hybridized carbons (Fsp3) is 0.700. The lowest BCUT2D eigenvalue weighted by molar-refractivity contribution is -0.146. The number of carboxylic acid groups (broad SMARTS) is 1. The Bertz CT molecular complexity index is 200. The molecule has 0 bridgehead atoms. The maximum absolute atomic E-state index is 10.6. The van der Waals surface area contributed by atoms with Crippen molar-refractivity contribution in [3.05, 3.63) is 12.2 Å². The summed E-state index contributed by atoms with van der Waals surface area (Å²) in [5.41, 5.74) is 0.522. The predicted molar refractivity (Wildman–Crippen MR) is 52.8 cm³/mol. The van der Waals surface area contributed by atoms with Gasteiger partial charge in [-0.25, -0.2) is 0 Å². The van der Waals surface area contributed by atoms with Crippen LogP contribution in [0.3, 0.4) is 0 Å². The quantitative estimate of drug-likeness (QED) is 0.572. The van der Waals surface area contributed by atoms with Gasteiger partial charge in [0.2, 0.25) is 0 Å². The van der Waals surface area contributed by atoms with Crippen molar-refractivity contribution in [1.82, 2.24) is 0 Å². The van der Waals surface area contributed by atoms with Crippen LogP contribution in [0.2, 0.25) is 0 Å². The molecule has 4 atom stereocenters.